The first-order valence-electron chi connectivity index (χ1n) is 11.7. The average Bonchev–Trinajstić information content (AvgIpc) is 2.83. The number of halogens is 1. The van der Waals surface area contributed by atoms with Crippen molar-refractivity contribution in [1.82, 2.24) is 0 Å². The number of hydrogen-bond acceptors (Lipinski definition) is 5. The van der Waals surface area contributed by atoms with E-state index in [2.05, 4.69) is 16.0 Å². The van der Waals surface area contributed by atoms with Crippen LogP contribution in [0.4, 0.5) is 17.1 Å². The molecule has 8 heteroatoms. The van der Waals surface area contributed by atoms with Gasteiger partial charge in [-0.1, -0.05) is 49.2 Å². The summed E-state index contributed by atoms with van der Waals surface area (Å²) >= 11 is 6.50. The second-order valence-corrected chi connectivity index (χ2v) is 9.29. The molecule has 0 aliphatic rings. The number of carbonyl (C=O) groups excluding carboxylic acids is 2. The maximum Gasteiger partial charge on any atom is 0.262 e. The molecule has 0 saturated carbocycles. The van der Waals surface area contributed by atoms with Crippen molar-refractivity contribution in [3.63, 3.8) is 0 Å². The zero-order valence-electron chi connectivity index (χ0n) is 21.0. The van der Waals surface area contributed by atoms with Gasteiger partial charge in [-0.3, -0.25) is 9.59 Å². The number of anilines is 3. The number of methoxy groups -OCH3 is 1. The van der Waals surface area contributed by atoms with E-state index in [0.29, 0.717) is 35.2 Å². The summed E-state index contributed by atoms with van der Waals surface area (Å²) in [5.41, 5.74) is 4.16. The van der Waals surface area contributed by atoms with Gasteiger partial charge in [-0.25, -0.2) is 0 Å². The lowest BCUT2D eigenvalue weighted by Crippen LogP contribution is -2.20. The summed E-state index contributed by atoms with van der Waals surface area (Å²) in [6, 6.07) is 18.4. The number of carbonyl (C=O) groups is 2. The maximum atomic E-state index is 12.3. The second kappa shape index (κ2) is 12.8. The SMILES string of the molecule is COc1cc(CNc2cccc(NC(=O)CC(C)C)c2)c(Cl)cc1OCC(=O)Nc1ccc(C)cc1. The van der Waals surface area contributed by atoms with Gasteiger partial charge < -0.3 is 25.4 Å². The number of ether oxygens (including phenoxy) is 2. The van der Waals surface area contributed by atoms with E-state index in [9.17, 15) is 9.59 Å². The number of aryl methyl sites for hydroxylation is 1. The molecule has 2 amide bonds. The molecule has 0 bridgehead atoms. The van der Waals surface area contributed by atoms with Gasteiger partial charge in [0, 0.05) is 41.1 Å². The Bertz CT molecular complexity index is 1200. The summed E-state index contributed by atoms with van der Waals surface area (Å²) in [6.45, 7) is 6.23. The Kier molecular flexibility index (Phi) is 9.59. The quantitative estimate of drug-likeness (QED) is 0.283. The molecule has 36 heavy (non-hydrogen) atoms. The molecule has 0 saturated heterocycles. The van der Waals surface area contributed by atoms with Crippen LogP contribution in [0.3, 0.4) is 0 Å². The van der Waals surface area contributed by atoms with Crippen LogP contribution < -0.4 is 25.4 Å². The number of rotatable bonds is 11. The molecule has 0 spiro atoms. The van der Waals surface area contributed by atoms with Crippen molar-refractivity contribution in [2.45, 2.75) is 33.7 Å². The molecular formula is C28H32ClN3O4. The third-order valence-corrected chi connectivity index (χ3v) is 5.60. The normalized spacial score (nSPS) is 10.6. The number of benzene rings is 3. The third-order valence-electron chi connectivity index (χ3n) is 5.25. The van der Waals surface area contributed by atoms with Crippen molar-refractivity contribution in [2.75, 3.05) is 29.7 Å². The smallest absolute Gasteiger partial charge is 0.262 e. The summed E-state index contributed by atoms with van der Waals surface area (Å²) < 4.78 is 11.1. The zero-order chi connectivity index (χ0) is 26.1. The van der Waals surface area contributed by atoms with Crippen molar-refractivity contribution in [3.05, 3.63) is 76.8 Å². The molecule has 0 heterocycles. The van der Waals surface area contributed by atoms with Crippen LogP contribution in [0.2, 0.25) is 5.02 Å². The highest BCUT2D eigenvalue weighted by molar-refractivity contribution is 6.31. The molecule has 0 aliphatic heterocycles. The van der Waals surface area contributed by atoms with Gasteiger partial charge in [-0.05, 0) is 54.8 Å². The van der Waals surface area contributed by atoms with E-state index in [1.807, 2.05) is 69.3 Å². The topological polar surface area (TPSA) is 88.7 Å². The van der Waals surface area contributed by atoms with E-state index in [1.165, 1.54) is 7.11 Å². The zero-order valence-corrected chi connectivity index (χ0v) is 21.7. The highest BCUT2D eigenvalue weighted by Gasteiger charge is 2.13. The van der Waals surface area contributed by atoms with Gasteiger partial charge in [0.05, 0.1) is 7.11 Å². The summed E-state index contributed by atoms with van der Waals surface area (Å²) in [4.78, 5) is 24.3. The van der Waals surface area contributed by atoms with Gasteiger partial charge in [0.1, 0.15) is 0 Å². The van der Waals surface area contributed by atoms with Crippen LogP contribution in [-0.2, 0) is 16.1 Å². The molecule has 3 aromatic carbocycles. The van der Waals surface area contributed by atoms with E-state index >= 15 is 0 Å². The fraction of sp³-hybridized carbons (Fsp3) is 0.286. The van der Waals surface area contributed by atoms with E-state index in [4.69, 9.17) is 21.1 Å². The molecule has 0 unspecified atom stereocenters. The highest BCUT2D eigenvalue weighted by Crippen LogP contribution is 2.34. The molecule has 190 valence electrons. The minimum absolute atomic E-state index is 0.0157. The fourth-order valence-corrected chi connectivity index (χ4v) is 3.67. The third kappa shape index (κ3) is 8.20. The number of hydrogen-bond donors (Lipinski definition) is 3. The van der Waals surface area contributed by atoms with Crippen LogP contribution in [0, 0.1) is 12.8 Å². The molecule has 0 radical (unpaired) electrons. The van der Waals surface area contributed by atoms with Crippen LogP contribution in [0.25, 0.3) is 0 Å². The van der Waals surface area contributed by atoms with Gasteiger partial charge in [-0.2, -0.15) is 0 Å². The van der Waals surface area contributed by atoms with E-state index < -0.39 is 0 Å². The Labute approximate surface area is 217 Å². The van der Waals surface area contributed by atoms with Crippen LogP contribution in [-0.4, -0.2) is 25.5 Å². The molecule has 7 nitrogen and oxygen atoms in total. The summed E-state index contributed by atoms with van der Waals surface area (Å²) in [7, 11) is 1.53. The first-order chi connectivity index (χ1) is 17.2. The molecule has 0 aromatic heterocycles. The van der Waals surface area contributed by atoms with E-state index in [0.717, 1.165) is 22.5 Å². The lowest BCUT2D eigenvalue weighted by atomic mass is 10.1. The van der Waals surface area contributed by atoms with E-state index in [1.54, 1.807) is 12.1 Å². The Morgan fingerprint density at radius 2 is 1.58 bits per heavy atom. The van der Waals surface area contributed by atoms with Crippen molar-refractivity contribution >= 4 is 40.5 Å². The van der Waals surface area contributed by atoms with Crippen LogP contribution >= 0.6 is 11.6 Å². The first kappa shape index (κ1) is 26.9. The largest absolute Gasteiger partial charge is 0.493 e. The van der Waals surface area contributed by atoms with Gasteiger partial charge in [0.2, 0.25) is 5.91 Å². The van der Waals surface area contributed by atoms with Gasteiger partial charge >= 0.3 is 0 Å². The number of nitrogens with one attached hydrogen (secondary N) is 3. The molecule has 3 N–H and O–H groups in total. The fourth-order valence-electron chi connectivity index (χ4n) is 3.45. The molecule has 0 atom stereocenters. The lowest BCUT2D eigenvalue weighted by Gasteiger charge is -2.15. The molecule has 3 aromatic rings. The Morgan fingerprint density at radius 1 is 0.889 bits per heavy atom. The Morgan fingerprint density at radius 3 is 2.28 bits per heavy atom. The monoisotopic (exact) mass is 509 g/mol. The van der Waals surface area contributed by atoms with Crippen LogP contribution in [0.1, 0.15) is 31.4 Å². The summed E-state index contributed by atoms with van der Waals surface area (Å²) in [5.74, 6) is 0.827. The predicted molar refractivity (Wildman–Crippen MR) is 145 cm³/mol. The minimum Gasteiger partial charge on any atom is -0.493 e. The standard InChI is InChI=1S/C28H32ClN3O4/c1-18(2)12-27(33)32-23-7-5-6-22(14-23)30-16-20-13-25(35-4)26(15-24(20)29)36-17-28(34)31-21-10-8-19(3)9-11-21/h5-11,13-15,18,30H,12,16-17H2,1-4H3,(H,31,34)(H,32,33). The van der Waals surface area contributed by atoms with Crippen molar-refractivity contribution < 1.29 is 19.1 Å². The van der Waals surface area contributed by atoms with Gasteiger partial charge in [0.15, 0.2) is 18.1 Å². The molecule has 0 aliphatic carbocycles. The molecule has 3 rings (SSSR count). The van der Waals surface area contributed by atoms with Crippen molar-refractivity contribution in [1.29, 1.82) is 0 Å². The predicted octanol–water partition coefficient (Wildman–Crippen LogP) is 6.27. The van der Waals surface area contributed by atoms with Crippen molar-refractivity contribution in [3.8, 4) is 11.5 Å². The van der Waals surface area contributed by atoms with Gasteiger partial charge in [0.25, 0.3) is 5.91 Å². The van der Waals surface area contributed by atoms with E-state index in [-0.39, 0.29) is 24.3 Å². The number of amides is 2. The highest BCUT2D eigenvalue weighted by atomic mass is 35.5. The second-order valence-electron chi connectivity index (χ2n) is 8.88. The maximum absolute atomic E-state index is 12.3. The summed E-state index contributed by atoms with van der Waals surface area (Å²) in [5, 5.41) is 9.49. The summed E-state index contributed by atoms with van der Waals surface area (Å²) in [6.07, 6.45) is 0.467. The van der Waals surface area contributed by atoms with Crippen LogP contribution in [0.15, 0.2) is 60.7 Å². The Hall–Kier alpha value is -3.71. The lowest BCUT2D eigenvalue weighted by molar-refractivity contribution is -0.118. The van der Waals surface area contributed by atoms with Gasteiger partial charge in [-0.15, -0.1) is 0 Å². The Balaban J connectivity index is 1.60. The molecule has 0 fully saturated rings. The van der Waals surface area contributed by atoms with Crippen molar-refractivity contribution in [2.24, 2.45) is 5.92 Å². The minimum atomic E-state index is -0.289. The average molecular weight is 510 g/mol. The van der Waals surface area contributed by atoms with Crippen LogP contribution in [0.5, 0.6) is 11.5 Å². The molecular weight excluding hydrogens is 478 g/mol. The first-order valence-corrected chi connectivity index (χ1v) is 12.1.